The summed E-state index contributed by atoms with van der Waals surface area (Å²) in [7, 11) is 0. The molecule has 0 spiro atoms. The maximum atomic E-state index is 5.95. The molecular weight excluding hydrogens is 230 g/mol. The van der Waals surface area contributed by atoms with Gasteiger partial charge in [0.15, 0.2) is 5.82 Å². The molecule has 0 unspecified atom stereocenters. The van der Waals surface area contributed by atoms with Gasteiger partial charge in [-0.1, -0.05) is 19.0 Å². The first kappa shape index (κ1) is 11.1. The monoisotopic (exact) mass is 241 g/mol. The van der Waals surface area contributed by atoms with Gasteiger partial charge in [-0.05, 0) is 11.6 Å². The van der Waals surface area contributed by atoms with Crippen LogP contribution in [0.1, 0.15) is 37.3 Å². The number of aryl methyl sites for hydroxylation is 1. The van der Waals surface area contributed by atoms with Crippen LogP contribution in [0.25, 0.3) is 0 Å². The van der Waals surface area contributed by atoms with Gasteiger partial charge in [0.05, 0.1) is 6.54 Å². The average molecular weight is 242 g/mol. The van der Waals surface area contributed by atoms with Crippen LogP contribution >= 0.6 is 11.6 Å². The predicted octanol–water partition coefficient (Wildman–Crippen LogP) is 1.79. The van der Waals surface area contributed by atoms with Crippen molar-refractivity contribution < 1.29 is 4.52 Å². The summed E-state index contributed by atoms with van der Waals surface area (Å²) in [4.78, 5) is 4.11. The standard InChI is InChI=1S/C9H12ClN5O/c1-5(2)8-12-13-9(10)15(8)4-7-11-6(3)16-14-7/h5H,4H2,1-3H3. The zero-order chi connectivity index (χ0) is 11.7. The van der Waals surface area contributed by atoms with Crippen molar-refractivity contribution in [3.8, 4) is 0 Å². The minimum atomic E-state index is 0.244. The Balaban J connectivity index is 2.30. The van der Waals surface area contributed by atoms with Crippen LogP contribution in [0.15, 0.2) is 4.52 Å². The van der Waals surface area contributed by atoms with Crippen molar-refractivity contribution in [3.63, 3.8) is 0 Å². The highest BCUT2D eigenvalue weighted by Gasteiger charge is 2.15. The number of aromatic nitrogens is 5. The van der Waals surface area contributed by atoms with Gasteiger partial charge in [-0.2, -0.15) is 4.98 Å². The van der Waals surface area contributed by atoms with E-state index < -0.39 is 0 Å². The summed E-state index contributed by atoms with van der Waals surface area (Å²) in [5.41, 5.74) is 0. The maximum absolute atomic E-state index is 5.95. The number of hydrogen-bond donors (Lipinski definition) is 0. The lowest BCUT2D eigenvalue weighted by Gasteiger charge is -2.06. The van der Waals surface area contributed by atoms with Crippen LogP contribution in [0.2, 0.25) is 5.28 Å². The van der Waals surface area contributed by atoms with Crippen LogP contribution in [0.3, 0.4) is 0 Å². The molecule has 0 N–H and O–H groups in total. The van der Waals surface area contributed by atoms with Gasteiger partial charge in [0.1, 0.15) is 5.82 Å². The second-order valence-electron chi connectivity index (χ2n) is 3.80. The maximum Gasteiger partial charge on any atom is 0.225 e. The van der Waals surface area contributed by atoms with Gasteiger partial charge in [0.2, 0.25) is 11.2 Å². The van der Waals surface area contributed by atoms with E-state index >= 15 is 0 Å². The number of halogens is 1. The second-order valence-corrected chi connectivity index (χ2v) is 4.14. The molecule has 0 saturated carbocycles. The van der Waals surface area contributed by atoms with E-state index in [0.717, 1.165) is 5.82 Å². The zero-order valence-corrected chi connectivity index (χ0v) is 10.1. The Hall–Kier alpha value is -1.43. The first-order valence-electron chi connectivity index (χ1n) is 4.95. The van der Waals surface area contributed by atoms with E-state index in [-0.39, 0.29) is 5.92 Å². The molecular formula is C9H12ClN5O. The van der Waals surface area contributed by atoms with Gasteiger partial charge < -0.3 is 4.52 Å². The molecule has 0 amide bonds. The van der Waals surface area contributed by atoms with Crippen LogP contribution in [-0.2, 0) is 6.54 Å². The summed E-state index contributed by atoms with van der Waals surface area (Å²) >= 11 is 5.95. The molecule has 6 nitrogen and oxygen atoms in total. The largest absolute Gasteiger partial charge is 0.340 e. The summed E-state index contributed by atoms with van der Waals surface area (Å²) in [6.45, 7) is 6.22. The summed E-state index contributed by atoms with van der Waals surface area (Å²) in [5.74, 6) is 2.16. The highest BCUT2D eigenvalue weighted by molar-refractivity contribution is 6.28. The smallest absolute Gasteiger partial charge is 0.225 e. The summed E-state index contributed by atoms with van der Waals surface area (Å²) in [6.07, 6.45) is 0. The van der Waals surface area contributed by atoms with Gasteiger partial charge in [-0.25, -0.2) is 0 Å². The van der Waals surface area contributed by atoms with E-state index in [2.05, 4.69) is 20.3 Å². The molecule has 0 aromatic carbocycles. The molecule has 2 aromatic heterocycles. The first-order chi connectivity index (χ1) is 7.58. The topological polar surface area (TPSA) is 69.6 Å². The molecule has 2 rings (SSSR count). The van der Waals surface area contributed by atoms with E-state index in [9.17, 15) is 0 Å². The SMILES string of the molecule is Cc1nc(Cn2c(Cl)nnc2C(C)C)no1. The molecule has 0 radical (unpaired) electrons. The van der Waals surface area contributed by atoms with E-state index in [4.69, 9.17) is 16.1 Å². The predicted molar refractivity (Wildman–Crippen MR) is 57.3 cm³/mol. The molecule has 0 saturated heterocycles. The van der Waals surface area contributed by atoms with Crippen molar-refractivity contribution in [2.75, 3.05) is 0 Å². The van der Waals surface area contributed by atoms with E-state index in [1.54, 1.807) is 11.5 Å². The number of rotatable bonds is 3. The molecule has 2 heterocycles. The normalized spacial score (nSPS) is 11.3. The molecule has 2 aromatic rings. The Bertz CT molecular complexity index is 490. The summed E-state index contributed by atoms with van der Waals surface area (Å²) in [6, 6.07) is 0. The molecule has 0 aliphatic carbocycles. The van der Waals surface area contributed by atoms with Crippen molar-refractivity contribution in [1.82, 2.24) is 24.9 Å². The van der Waals surface area contributed by atoms with Gasteiger partial charge in [-0.15, -0.1) is 10.2 Å². The number of nitrogens with zero attached hydrogens (tertiary/aromatic N) is 5. The van der Waals surface area contributed by atoms with Crippen molar-refractivity contribution in [2.24, 2.45) is 0 Å². The van der Waals surface area contributed by atoms with Crippen molar-refractivity contribution in [2.45, 2.75) is 33.2 Å². The minimum absolute atomic E-state index is 0.244. The molecule has 0 bridgehead atoms. The van der Waals surface area contributed by atoms with Gasteiger partial charge >= 0.3 is 0 Å². The quantitative estimate of drug-likeness (QED) is 0.820. The van der Waals surface area contributed by atoms with E-state index in [0.29, 0.717) is 23.5 Å². The lowest BCUT2D eigenvalue weighted by atomic mass is 10.2. The molecule has 0 fully saturated rings. The lowest BCUT2D eigenvalue weighted by Crippen LogP contribution is -2.08. The Labute approximate surface area is 97.6 Å². The second kappa shape index (κ2) is 4.21. The third kappa shape index (κ3) is 2.06. The fraction of sp³-hybridized carbons (Fsp3) is 0.556. The number of hydrogen-bond acceptors (Lipinski definition) is 5. The first-order valence-corrected chi connectivity index (χ1v) is 5.33. The van der Waals surface area contributed by atoms with Crippen molar-refractivity contribution in [1.29, 1.82) is 0 Å². The zero-order valence-electron chi connectivity index (χ0n) is 9.31. The van der Waals surface area contributed by atoms with Gasteiger partial charge in [0, 0.05) is 12.8 Å². The van der Waals surface area contributed by atoms with Crippen molar-refractivity contribution >= 4 is 11.6 Å². The highest BCUT2D eigenvalue weighted by Crippen LogP contribution is 2.17. The Kier molecular flexibility index (Phi) is 2.91. The van der Waals surface area contributed by atoms with Crippen LogP contribution in [0.4, 0.5) is 0 Å². The van der Waals surface area contributed by atoms with Crippen LogP contribution in [0.5, 0.6) is 0 Å². The Morgan fingerprint density at radius 1 is 1.38 bits per heavy atom. The third-order valence-corrected chi connectivity index (χ3v) is 2.40. The van der Waals surface area contributed by atoms with Gasteiger partial charge in [0.25, 0.3) is 0 Å². The molecule has 7 heteroatoms. The Morgan fingerprint density at radius 2 is 2.12 bits per heavy atom. The van der Waals surface area contributed by atoms with E-state index in [1.165, 1.54) is 0 Å². The van der Waals surface area contributed by atoms with Crippen molar-refractivity contribution in [3.05, 3.63) is 22.8 Å². The molecule has 16 heavy (non-hydrogen) atoms. The molecule has 0 atom stereocenters. The minimum Gasteiger partial charge on any atom is -0.340 e. The average Bonchev–Trinajstić information content (AvgIpc) is 2.76. The van der Waals surface area contributed by atoms with Crippen LogP contribution in [0, 0.1) is 6.92 Å². The molecule has 0 aliphatic rings. The fourth-order valence-corrected chi connectivity index (χ4v) is 1.60. The molecule has 0 aliphatic heterocycles. The van der Waals surface area contributed by atoms with Gasteiger partial charge in [-0.3, -0.25) is 4.57 Å². The van der Waals surface area contributed by atoms with Crippen LogP contribution in [-0.4, -0.2) is 24.9 Å². The summed E-state index contributed by atoms with van der Waals surface area (Å²) in [5, 5.41) is 12.0. The highest BCUT2D eigenvalue weighted by atomic mass is 35.5. The fourth-order valence-electron chi connectivity index (χ4n) is 1.42. The molecule has 86 valence electrons. The third-order valence-electron chi connectivity index (χ3n) is 2.12. The lowest BCUT2D eigenvalue weighted by molar-refractivity contribution is 0.385. The van der Waals surface area contributed by atoms with Crippen LogP contribution < -0.4 is 0 Å². The van der Waals surface area contributed by atoms with E-state index in [1.807, 2.05) is 13.8 Å². The summed E-state index contributed by atoms with van der Waals surface area (Å²) < 4.78 is 6.67. The Morgan fingerprint density at radius 3 is 2.69 bits per heavy atom.